The molecule has 0 aliphatic carbocycles. The van der Waals surface area contributed by atoms with Gasteiger partial charge in [-0.1, -0.05) is 29.8 Å². The van der Waals surface area contributed by atoms with E-state index in [1.165, 1.54) is 6.07 Å². The first-order valence-corrected chi connectivity index (χ1v) is 7.53. The summed E-state index contributed by atoms with van der Waals surface area (Å²) in [5, 5.41) is 9.89. The van der Waals surface area contributed by atoms with Gasteiger partial charge in [0.05, 0.1) is 5.56 Å². The van der Waals surface area contributed by atoms with Gasteiger partial charge in [-0.25, -0.2) is 0 Å². The fraction of sp³-hybridized carbons (Fsp3) is 0.533. The number of hydrogen-bond donors (Lipinski definition) is 1. The van der Waals surface area contributed by atoms with Crippen LogP contribution in [0.25, 0.3) is 0 Å². The molecule has 0 saturated carbocycles. The van der Waals surface area contributed by atoms with Crippen molar-refractivity contribution in [3.63, 3.8) is 0 Å². The molecule has 1 rings (SSSR count). The standard InChI is InChI=1S/C15H23BrN2O2/c1-11(2)10-18(8-7-17(3)4)15(20)13-9-12(16)5-6-14(13)19/h5-6,9,11,19H,7-8,10H2,1-4H3. The molecule has 0 aromatic heterocycles. The first-order chi connectivity index (χ1) is 9.31. The molecule has 0 atom stereocenters. The fourth-order valence-electron chi connectivity index (χ4n) is 1.89. The van der Waals surface area contributed by atoms with Crippen molar-refractivity contribution in [2.24, 2.45) is 5.92 Å². The molecule has 0 aliphatic heterocycles. The van der Waals surface area contributed by atoms with Gasteiger partial charge in [0.25, 0.3) is 5.91 Å². The molecule has 1 N–H and O–H groups in total. The Morgan fingerprint density at radius 1 is 1.30 bits per heavy atom. The molecule has 1 aromatic rings. The van der Waals surface area contributed by atoms with Crippen molar-refractivity contribution < 1.29 is 9.90 Å². The molecule has 0 unspecified atom stereocenters. The maximum absolute atomic E-state index is 12.6. The molecule has 0 heterocycles. The van der Waals surface area contributed by atoms with E-state index >= 15 is 0 Å². The topological polar surface area (TPSA) is 43.8 Å². The molecule has 5 heteroatoms. The largest absolute Gasteiger partial charge is 0.507 e. The molecule has 1 aromatic carbocycles. The highest BCUT2D eigenvalue weighted by Crippen LogP contribution is 2.23. The van der Waals surface area contributed by atoms with Gasteiger partial charge in [-0.2, -0.15) is 0 Å². The number of carbonyl (C=O) groups is 1. The second kappa shape index (κ2) is 7.64. The van der Waals surface area contributed by atoms with E-state index in [9.17, 15) is 9.90 Å². The lowest BCUT2D eigenvalue weighted by atomic mass is 10.1. The second-order valence-corrected chi connectivity index (χ2v) is 6.53. The Labute approximate surface area is 129 Å². The van der Waals surface area contributed by atoms with Crippen molar-refractivity contribution in [3.05, 3.63) is 28.2 Å². The lowest BCUT2D eigenvalue weighted by Gasteiger charge is -2.26. The van der Waals surface area contributed by atoms with Crippen LogP contribution in [-0.2, 0) is 0 Å². The van der Waals surface area contributed by atoms with Crippen LogP contribution in [-0.4, -0.2) is 54.5 Å². The van der Waals surface area contributed by atoms with E-state index in [0.29, 0.717) is 24.6 Å². The van der Waals surface area contributed by atoms with Gasteiger partial charge in [0, 0.05) is 24.1 Å². The predicted octanol–water partition coefficient (Wildman–Crippen LogP) is 2.81. The van der Waals surface area contributed by atoms with Crippen LogP contribution in [0.4, 0.5) is 0 Å². The van der Waals surface area contributed by atoms with Crippen LogP contribution in [0.1, 0.15) is 24.2 Å². The highest BCUT2D eigenvalue weighted by Gasteiger charge is 2.20. The van der Waals surface area contributed by atoms with E-state index in [4.69, 9.17) is 0 Å². The maximum Gasteiger partial charge on any atom is 0.257 e. The lowest BCUT2D eigenvalue weighted by molar-refractivity contribution is 0.0721. The van der Waals surface area contributed by atoms with Crippen molar-refractivity contribution in [1.29, 1.82) is 0 Å². The zero-order valence-corrected chi connectivity index (χ0v) is 14.1. The van der Waals surface area contributed by atoms with Crippen LogP contribution < -0.4 is 0 Å². The van der Waals surface area contributed by atoms with Crippen LogP contribution in [0.2, 0.25) is 0 Å². The Kier molecular flexibility index (Phi) is 6.49. The molecule has 0 radical (unpaired) electrons. The van der Waals surface area contributed by atoms with Crippen molar-refractivity contribution >= 4 is 21.8 Å². The first-order valence-electron chi connectivity index (χ1n) is 6.73. The number of aromatic hydroxyl groups is 1. The van der Waals surface area contributed by atoms with Gasteiger partial charge < -0.3 is 14.9 Å². The van der Waals surface area contributed by atoms with Gasteiger partial charge in [-0.15, -0.1) is 0 Å². The summed E-state index contributed by atoms with van der Waals surface area (Å²) in [5.41, 5.74) is 0.346. The zero-order valence-electron chi connectivity index (χ0n) is 12.6. The summed E-state index contributed by atoms with van der Waals surface area (Å²) in [6.45, 7) is 6.29. The average Bonchev–Trinajstić information content (AvgIpc) is 2.36. The van der Waals surface area contributed by atoms with Crippen LogP contribution in [0.15, 0.2) is 22.7 Å². The molecule has 0 aliphatic rings. The van der Waals surface area contributed by atoms with Crippen LogP contribution in [0, 0.1) is 5.92 Å². The van der Waals surface area contributed by atoms with Gasteiger partial charge in [0.15, 0.2) is 0 Å². The number of phenols is 1. The minimum atomic E-state index is -0.126. The third kappa shape index (κ3) is 5.13. The normalized spacial score (nSPS) is 11.2. The summed E-state index contributed by atoms with van der Waals surface area (Å²) in [6, 6.07) is 4.93. The minimum absolute atomic E-state index is 0.0248. The van der Waals surface area contributed by atoms with Crippen molar-refractivity contribution in [3.8, 4) is 5.75 Å². The van der Waals surface area contributed by atoms with Gasteiger partial charge in [-0.05, 0) is 38.2 Å². The summed E-state index contributed by atoms with van der Waals surface area (Å²) < 4.78 is 0.788. The van der Waals surface area contributed by atoms with Crippen molar-refractivity contribution in [2.45, 2.75) is 13.8 Å². The molecule has 0 saturated heterocycles. The SMILES string of the molecule is CC(C)CN(CCN(C)C)C(=O)c1cc(Br)ccc1O. The minimum Gasteiger partial charge on any atom is -0.507 e. The van der Waals surface area contributed by atoms with E-state index in [2.05, 4.69) is 29.8 Å². The Hall–Kier alpha value is -1.07. The monoisotopic (exact) mass is 342 g/mol. The average molecular weight is 343 g/mol. The second-order valence-electron chi connectivity index (χ2n) is 5.61. The maximum atomic E-state index is 12.6. The molecule has 20 heavy (non-hydrogen) atoms. The van der Waals surface area contributed by atoms with Gasteiger partial charge in [-0.3, -0.25) is 4.79 Å². The number of benzene rings is 1. The van der Waals surface area contributed by atoms with E-state index < -0.39 is 0 Å². The van der Waals surface area contributed by atoms with Gasteiger partial charge in [0.1, 0.15) is 5.75 Å². The molecule has 112 valence electrons. The third-order valence-electron chi connectivity index (χ3n) is 2.88. The zero-order chi connectivity index (χ0) is 15.3. The molecular weight excluding hydrogens is 320 g/mol. The number of carbonyl (C=O) groups excluding carboxylic acids is 1. The first kappa shape index (κ1) is 17.0. The Morgan fingerprint density at radius 3 is 2.50 bits per heavy atom. The van der Waals surface area contributed by atoms with Crippen LogP contribution in [0.3, 0.4) is 0 Å². The predicted molar refractivity (Wildman–Crippen MR) is 85.1 cm³/mol. The molecule has 0 spiro atoms. The van der Waals surface area contributed by atoms with Crippen LogP contribution in [0.5, 0.6) is 5.75 Å². The Balaban J connectivity index is 2.93. The summed E-state index contributed by atoms with van der Waals surface area (Å²) in [7, 11) is 3.96. The highest BCUT2D eigenvalue weighted by atomic mass is 79.9. The van der Waals surface area contributed by atoms with E-state index in [0.717, 1.165) is 11.0 Å². The molecule has 1 amide bonds. The number of hydrogen-bond acceptors (Lipinski definition) is 3. The molecule has 4 nitrogen and oxygen atoms in total. The number of phenolic OH excluding ortho intramolecular Hbond substituents is 1. The molecular formula is C15H23BrN2O2. The summed E-state index contributed by atoms with van der Waals surface area (Å²) >= 11 is 3.34. The van der Waals surface area contributed by atoms with E-state index in [1.54, 1.807) is 17.0 Å². The molecule has 0 bridgehead atoms. The van der Waals surface area contributed by atoms with Gasteiger partial charge >= 0.3 is 0 Å². The number of rotatable bonds is 6. The number of likely N-dealkylation sites (N-methyl/N-ethyl adjacent to an activating group) is 1. The summed E-state index contributed by atoms with van der Waals surface area (Å²) in [6.07, 6.45) is 0. The fourth-order valence-corrected chi connectivity index (χ4v) is 2.25. The number of amides is 1. The van der Waals surface area contributed by atoms with Gasteiger partial charge in [0.2, 0.25) is 0 Å². The Morgan fingerprint density at radius 2 is 1.95 bits per heavy atom. The lowest BCUT2D eigenvalue weighted by Crippen LogP contribution is -2.39. The van der Waals surface area contributed by atoms with Crippen molar-refractivity contribution in [2.75, 3.05) is 33.7 Å². The summed E-state index contributed by atoms with van der Waals surface area (Å²) in [5.74, 6) is 0.284. The quantitative estimate of drug-likeness (QED) is 0.864. The van der Waals surface area contributed by atoms with Crippen molar-refractivity contribution in [1.82, 2.24) is 9.80 Å². The van der Waals surface area contributed by atoms with E-state index in [1.807, 2.05) is 19.0 Å². The number of halogens is 1. The van der Waals surface area contributed by atoms with Crippen LogP contribution >= 0.6 is 15.9 Å². The highest BCUT2D eigenvalue weighted by molar-refractivity contribution is 9.10. The number of nitrogens with zero attached hydrogens (tertiary/aromatic N) is 2. The smallest absolute Gasteiger partial charge is 0.257 e. The summed E-state index contributed by atoms with van der Waals surface area (Å²) in [4.78, 5) is 16.4. The Bertz CT molecular complexity index is 461. The third-order valence-corrected chi connectivity index (χ3v) is 3.37. The molecule has 0 fully saturated rings. The van der Waals surface area contributed by atoms with E-state index in [-0.39, 0.29) is 11.7 Å².